The molecule has 0 fully saturated rings. The van der Waals surface area contributed by atoms with Gasteiger partial charge >= 0.3 is 6.18 Å². The number of nitrogens with zero attached hydrogens (tertiary/aromatic N) is 2. The molecule has 1 heterocycles. The molecule has 2 aromatic rings. The largest absolute Gasteiger partial charge is 0.416 e. The lowest BCUT2D eigenvalue weighted by Crippen LogP contribution is -2.31. The van der Waals surface area contributed by atoms with Gasteiger partial charge in [-0.3, -0.25) is 4.79 Å². The lowest BCUT2D eigenvalue weighted by molar-refractivity contribution is -0.137. The lowest BCUT2D eigenvalue weighted by atomic mass is 10.0. The molecule has 0 saturated carbocycles. The van der Waals surface area contributed by atoms with Crippen molar-refractivity contribution in [3.63, 3.8) is 0 Å². The second-order valence-electron chi connectivity index (χ2n) is 5.31. The minimum absolute atomic E-state index is 0.149. The molecule has 3 nitrogen and oxygen atoms in total. The summed E-state index contributed by atoms with van der Waals surface area (Å²) >= 11 is 0. The summed E-state index contributed by atoms with van der Waals surface area (Å²) in [4.78, 5) is 12.0. The summed E-state index contributed by atoms with van der Waals surface area (Å²) < 4.78 is 51.2. The second-order valence-corrected chi connectivity index (χ2v) is 5.31. The molecule has 0 N–H and O–H groups in total. The van der Waals surface area contributed by atoms with Gasteiger partial charge in [-0.2, -0.15) is 18.3 Å². The smallest absolute Gasteiger partial charge is 0.273 e. The summed E-state index contributed by atoms with van der Waals surface area (Å²) in [5.41, 5.74) is 0.509. The Bertz CT molecular complexity index is 797. The van der Waals surface area contributed by atoms with E-state index >= 15 is 0 Å². The van der Waals surface area contributed by atoms with E-state index in [1.54, 1.807) is 6.07 Å². The summed E-state index contributed by atoms with van der Waals surface area (Å²) in [6.07, 6.45) is -3.94. The predicted molar refractivity (Wildman–Crippen MR) is 81.1 cm³/mol. The Morgan fingerprint density at radius 1 is 1.00 bits per heavy atom. The monoisotopic (exact) mass is 336 g/mol. The molecule has 3 rings (SSSR count). The number of alkyl halides is 3. The highest BCUT2D eigenvalue weighted by atomic mass is 19.4. The molecule has 24 heavy (non-hydrogen) atoms. The van der Waals surface area contributed by atoms with Gasteiger partial charge in [0.25, 0.3) is 0 Å². The average Bonchev–Trinajstić information content (AvgIpc) is 2.54. The quantitative estimate of drug-likeness (QED) is 0.749. The van der Waals surface area contributed by atoms with Gasteiger partial charge in [-0.05, 0) is 35.9 Å². The number of hydrogen-bond donors (Lipinski definition) is 0. The number of benzene rings is 2. The average molecular weight is 336 g/mol. The predicted octanol–water partition coefficient (Wildman–Crippen LogP) is 4.38. The van der Waals surface area contributed by atoms with Crippen molar-refractivity contribution in [3.05, 3.63) is 65.5 Å². The fourth-order valence-corrected chi connectivity index (χ4v) is 2.42. The second kappa shape index (κ2) is 6.07. The maximum atomic E-state index is 13.3. The van der Waals surface area contributed by atoms with E-state index in [1.165, 1.54) is 30.3 Å². The van der Waals surface area contributed by atoms with Gasteiger partial charge in [0.15, 0.2) is 0 Å². The normalized spacial score (nSPS) is 15.4. The van der Waals surface area contributed by atoms with Crippen LogP contribution in [0.3, 0.4) is 0 Å². The van der Waals surface area contributed by atoms with Crippen molar-refractivity contribution in [3.8, 4) is 0 Å². The number of rotatable bonds is 2. The SMILES string of the molecule is O=C1CCC(c2ccc(C(F)(F)F)cc2)=NN1c1cccc(F)c1. The van der Waals surface area contributed by atoms with Crippen LogP contribution in [-0.2, 0) is 11.0 Å². The van der Waals surface area contributed by atoms with Crippen molar-refractivity contribution in [1.29, 1.82) is 0 Å². The van der Waals surface area contributed by atoms with E-state index in [1.807, 2.05) is 0 Å². The molecule has 124 valence electrons. The number of amides is 1. The van der Waals surface area contributed by atoms with Crippen LogP contribution in [0.25, 0.3) is 0 Å². The van der Waals surface area contributed by atoms with Gasteiger partial charge in [0.05, 0.1) is 17.0 Å². The first-order valence-corrected chi connectivity index (χ1v) is 7.18. The summed E-state index contributed by atoms with van der Waals surface area (Å²) in [6, 6.07) is 10.0. The summed E-state index contributed by atoms with van der Waals surface area (Å²) in [5.74, 6) is -0.798. The summed E-state index contributed by atoms with van der Waals surface area (Å²) in [5, 5.41) is 5.27. The molecule has 0 saturated heterocycles. The van der Waals surface area contributed by atoms with Crippen LogP contribution in [0.2, 0.25) is 0 Å². The first-order chi connectivity index (χ1) is 11.3. The number of hydrogen-bond acceptors (Lipinski definition) is 2. The zero-order valence-electron chi connectivity index (χ0n) is 12.3. The topological polar surface area (TPSA) is 32.7 Å². The van der Waals surface area contributed by atoms with Gasteiger partial charge in [0.2, 0.25) is 5.91 Å². The molecular weight excluding hydrogens is 324 g/mol. The molecule has 7 heteroatoms. The third-order valence-corrected chi connectivity index (χ3v) is 3.63. The van der Waals surface area contributed by atoms with Crippen LogP contribution >= 0.6 is 0 Å². The van der Waals surface area contributed by atoms with Crippen molar-refractivity contribution >= 4 is 17.3 Å². The molecule has 1 aliphatic heterocycles. The van der Waals surface area contributed by atoms with Crippen LogP contribution in [0.5, 0.6) is 0 Å². The number of halogens is 4. The molecular formula is C17H12F4N2O. The molecule has 1 amide bonds. The number of carbonyl (C=O) groups excluding carboxylic acids is 1. The molecule has 0 spiro atoms. The molecule has 0 atom stereocenters. The van der Waals surface area contributed by atoms with E-state index in [0.717, 1.165) is 17.1 Å². The third kappa shape index (κ3) is 3.29. The first-order valence-electron chi connectivity index (χ1n) is 7.18. The summed E-state index contributed by atoms with van der Waals surface area (Å²) in [6.45, 7) is 0. The lowest BCUT2D eigenvalue weighted by Gasteiger charge is -2.23. The van der Waals surface area contributed by atoms with Gasteiger partial charge in [0, 0.05) is 12.8 Å². The van der Waals surface area contributed by atoms with Gasteiger partial charge < -0.3 is 0 Å². The highest BCUT2D eigenvalue weighted by Gasteiger charge is 2.30. The maximum Gasteiger partial charge on any atom is 0.416 e. The van der Waals surface area contributed by atoms with Crippen LogP contribution in [0.4, 0.5) is 23.2 Å². The van der Waals surface area contributed by atoms with Gasteiger partial charge in [-0.1, -0.05) is 18.2 Å². The van der Waals surface area contributed by atoms with E-state index in [4.69, 9.17) is 0 Å². The number of carbonyl (C=O) groups is 1. The Balaban J connectivity index is 1.93. The van der Waals surface area contributed by atoms with Crippen molar-refractivity contribution < 1.29 is 22.4 Å². The standard InChI is InChI=1S/C17H12F4N2O/c18-13-2-1-3-14(10-13)23-16(24)9-8-15(22-23)11-4-6-12(7-5-11)17(19,20)21/h1-7,10H,8-9H2. The van der Waals surface area contributed by atoms with Crippen molar-refractivity contribution in [2.24, 2.45) is 5.10 Å². The highest BCUT2D eigenvalue weighted by Crippen LogP contribution is 2.30. The van der Waals surface area contributed by atoms with Crippen LogP contribution < -0.4 is 5.01 Å². The van der Waals surface area contributed by atoms with E-state index in [-0.39, 0.29) is 18.0 Å². The molecule has 0 radical (unpaired) electrons. The Hall–Kier alpha value is -2.70. The number of hydrazone groups is 1. The van der Waals surface area contributed by atoms with Crippen molar-refractivity contribution in [2.75, 3.05) is 5.01 Å². The molecule has 0 bridgehead atoms. The molecule has 1 aliphatic rings. The van der Waals surface area contributed by atoms with Gasteiger partial charge in [-0.15, -0.1) is 0 Å². The Labute approximate surface area is 135 Å². The van der Waals surface area contributed by atoms with Crippen LogP contribution in [0, 0.1) is 5.82 Å². The molecule has 0 aromatic heterocycles. The van der Waals surface area contributed by atoms with Crippen molar-refractivity contribution in [2.45, 2.75) is 19.0 Å². The van der Waals surface area contributed by atoms with E-state index in [0.29, 0.717) is 17.7 Å². The van der Waals surface area contributed by atoms with Gasteiger partial charge in [0.1, 0.15) is 5.82 Å². The molecule has 2 aromatic carbocycles. The fourth-order valence-electron chi connectivity index (χ4n) is 2.42. The minimum Gasteiger partial charge on any atom is -0.273 e. The highest BCUT2D eigenvalue weighted by molar-refractivity contribution is 6.08. The van der Waals surface area contributed by atoms with Gasteiger partial charge in [-0.25, -0.2) is 9.40 Å². The van der Waals surface area contributed by atoms with E-state index < -0.39 is 17.6 Å². The minimum atomic E-state index is -4.41. The third-order valence-electron chi connectivity index (χ3n) is 3.63. The fraction of sp³-hybridized carbons (Fsp3) is 0.176. The molecule has 0 aliphatic carbocycles. The first kappa shape index (κ1) is 16.2. The van der Waals surface area contributed by atoms with Crippen molar-refractivity contribution in [1.82, 2.24) is 0 Å². The Morgan fingerprint density at radius 3 is 2.33 bits per heavy atom. The van der Waals surface area contributed by atoms with Crippen LogP contribution in [0.1, 0.15) is 24.0 Å². The zero-order chi connectivity index (χ0) is 17.3. The van der Waals surface area contributed by atoms with E-state index in [9.17, 15) is 22.4 Å². The van der Waals surface area contributed by atoms with Crippen LogP contribution in [-0.4, -0.2) is 11.6 Å². The maximum absolute atomic E-state index is 13.3. The zero-order valence-corrected chi connectivity index (χ0v) is 12.3. The Morgan fingerprint density at radius 2 is 1.71 bits per heavy atom. The number of anilines is 1. The molecule has 0 unspecified atom stereocenters. The van der Waals surface area contributed by atoms with Crippen LogP contribution in [0.15, 0.2) is 53.6 Å². The summed E-state index contributed by atoms with van der Waals surface area (Å²) in [7, 11) is 0. The Kier molecular flexibility index (Phi) is 4.09. The van der Waals surface area contributed by atoms with E-state index in [2.05, 4.69) is 5.10 Å².